The van der Waals surface area contributed by atoms with E-state index in [1.165, 1.54) is 4.31 Å². The van der Waals surface area contributed by atoms with E-state index in [4.69, 9.17) is 4.98 Å². The lowest BCUT2D eigenvalue weighted by Gasteiger charge is -2.22. The lowest BCUT2D eigenvalue weighted by molar-refractivity contribution is 0.585. The number of nitrogens with zero attached hydrogens (tertiary/aromatic N) is 4. The molecule has 1 aromatic heterocycles. The highest BCUT2D eigenvalue weighted by atomic mass is 32.2. The lowest BCUT2D eigenvalue weighted by atomic mass is 10.1. The molecule has 0 atom stereocenters. The normalized spacial score (nSPS) is 14.2. The second-order valence-electron chi connectivity index (χ2n) is 7.72. The van der Waals surface area contributed by atoms with Crippen LogP contribution in [0.2, 0.25) is 0 Å². The van der Waals surface area contributed by atoms with E-state index in [1.807, 2.05) is 49.1 Å². The Hall–Kier alpha value is -2.67. The van der Waals surface area contributed by atoms with Crippen LogP contribution >= 0.6 is 0 Å². The summed E-state index contributed by atoms with van der Waals surface area (Å²) in [6.45, 7) is 9.03. The molecular formula is C21H24N4O2S. The smallest absolute Gasteiger partial charge is 0.267 e. The minimum absolute atomic E-state index is 0.221. The van der Waals surface area contributed by atoms with Gasteiger partial charge in [-0.05, 0) is 55.2 Å². The number of aryl methyl sites for hydroxylation is 2. The first-order valence-corrected chi connectivity index (χ1v) is 10.8. The van der Waals surface area contributed by atoms with E-state index >= 15 is 0 Å². The monoisotopic (exact) mass is 396 g/mol. The van der Waals surface area contributed by atoms with Gasteiger partial charge in [-0.25, -0.2) is 22.7 Å². The molecule has 7 heteroatoms. The first-order chi connectivity index (χ1) is 13.3. The van der Waals surface area contributed by atoms with Crippen LogP contribution in [0.1, 0.15) is 25.0 Å². The van der Waals surface area contributed by atoms with Crippen molar-refractivity contribution in [1.82, 2.24) is 9.97 Å². The van der Waals surface area contributed by atoms with E-state index < -0.39 is 10.0 Å². The minimum Gasteiger partial charge on any atom is -0.334 e. The maximum atomic E-state index is 13.5. The first-order valence-electron chi connectivity index (χ1n) is 9.39. The molecule has 0 spiro atoms. The summed E-state index contributed by atoms with van der Waals surface area (Å²) in [6.07, 6.45) is 0. The van der Waals surface area contributed by atoms with E-state index in [0.717, 1.165) is 16.6 Å². The first kappa shape index (κ1) is 18.7. The Morgan fingerprint density at radius 3 is 2.21 bits per heavy atom. The van der Waals surface area contributed by atoms with Gasteiger partial charge in [-0.1, -0.05) is 32.0 Å². The predicted octanol–water partition coefficient (Wildman–Crippen LogP) is 3.88. The van der Waals surface area contributed by atoms with Crippen molar-refractivity contribution in [3.63, 3.8) is 0 Å². The van der Waals surface area contributed by atoms with Gasteiger partial charge in [0.1, 0.15) is 6.67 Å². The van der Waals surface area contributed by atoms with Crippen LogP contribution in [0.5, 0.6) is 0 Å². The van der Waals surface area contributed by atoms with Crippen molar-refractivity contribution >= 4 is 32.7 Å². The molecule has 0 N–H and O–H groups in total. The molecule has 0 amide bonds. The Balaban J connectivity index is 1.86. The van der Waals surface area contributed by atoms with Gasteiger partial charge in [0.05, 0.1) is 15.9 Å². The second kappa shape index (κ2) is 6.74. The summed E-state index contributed by atoms with van der Waals surface area (Å²) in [4.78, 5) is 11.7. The summed E-state index contributed by atoms with van der Waals surface area (Å²) in [5.74, 6) is 1.39. The number of aromatic nitrogens is 2. The van der Waals surface area contributed by atoms with Crippen LogP contribution in [0.25, 0.3) is 11.0 Å². The molecule has 0 unspecified atom stereocenters. The van der Waals surface area contributed by atoms with E-state index in [2.05, 4.69) is 18.8 Å². The van der Waals surface area contributed by atoms with Crippen molar-refractivity contribution in [2.75, 3.05) is 22.4 Å². The van der Waals surface area contributed by atoms with Gasteiger partial charge in [-0.2, -0.15) is 0 Å². The fourth-order valence-corrected chi connectivity index (χ4v) is 4.89. The van der Waals surface area contributed by atoms with Gasteiger partial charge in [0.25, 0.3) is 10.0 Å². The number of fused-ring (bicyclic) bond motifs is 2. The van der Waals surface area contributed by atoms with Crippen molar-refractivity contribution in [3.05, 3.63) is 53.6 Å². The molecule has 2 aromatic carbocycles. The minimum atomic E-state index is -3.74. The predicted molar refractivity (Wildman–Crippen MR) is 112 cm³/mol. The van der Waals surface area contributed by atoms with Gasteiger partial charge >= 0.3 is 0 Å². The number of anilines is 2. The van der Waals surface area contributed by atoms with Crippen molar-refractivity contribution in [1.29, 1.82) is 0 Å². The van der Waals surface area contributed by atoms with Crippen molar-refractivity contribution < 1.29 is 8.42 Å². The fraction of sp³-hybridized carbons (Fsp3) is 0.333. The zero-order chi connectivity index (χ0) is 20.1. The Kier molecular flexibility index (Phi) is 4.50. The number of rotatable bonds is 4. The molecular weight excluding hydrogens is 372 g/mol. The lowest BCUT2D eigenvalue weighted by Crippen LogP contribution is -2.37. The third kappa shape index (κ3) is 3.09. The number of sulfonamides is 1. The SMILES string of the molecule is Cc1ccc(S(=O)(=O)N2CN(CC(C)C)c3nc4ccccc4nc32)cc1C. The molecule has 2 heterocycles. The number of hydrogen-bond donors (Lipinski definition) is 0. The molecule has 1 aliphatic heterocycles. The van der Waals surface area contributed by atoms with Crippen LogP contribution < -0.4 is 9.21 Å². The fourth-order valence-electron chi connectivity index (χ4n) is 3.43. The van der Waals surface area contributed by atoms with Crippen molar-refractivity contribution in [2.24, 2.45) is 5.92 Å². The molecule has 3 aromatic rings. The third-order valence-electron chi connectivity index (χ3n) is 5.02. The molecule has 28 heavy (non-hydrogen) atoms. The highest BCUT2D eigenvalue weighted by molar-refractivity contribution is 7.92. The molecule has 0 bridgehead atoms. The van der Waals surface area contributed by atoms with E-state index in [1.54, 1.807) is 12.1 Å². The van der Waals surface area contributed by atoms with Crippen molar-refractivity contribution in [3.8, 4) is 0 Å². The maximum Gasteiger partial charge on any atom is 0.267 e. The third-order valence-corrected chi connectivity index (χ3v) is 6.74. The summed E-state index contributed by atoms with van der Waals surface area (Å²) < 4.78 is 28.3. The number of hydrogen-bond acceptors (Lipinski definition) is 5. The summed E-state index contributed by atoms with van der Waals surface area (Å²) >= 11 is 0. The molecule has 0 radical (unpaired) electrons. The van der Waals surface area contributed by atoms with Crippen LogP contribution in [0, 0.1) is 19.8 Å². The molecule has 0 saturated heterocycles. The van der Waals surface area contributed by atoms with Gasteiger partial charge in [-0.15, -0.1) is 0 Å². The van der Waals surface area contributed by atoms with Gasteiger partial charge in [0, 0.05) is 6.54 Å². The van der Waals surface area contributed by atoms with Crippen molar-refractivity contribution in [2.45, 2.75) is 32.6 Å². The molecule has 0 aliphatic carbocycles. The van der Waals surface area contributed by atoms with Gasteiger partial charge in [-0.3, -0.25) is 0 Å². The zero-order valence-electron chi connectivity index (χ0n) is 16.5. The van der Waals surface area contributed by atoms with Crippen LogP contribution in [-0.4, -0.2) is 31.6 Å². The van der Waals surface area contributed by atoms with Crippen LogP contribution in [-0.2, 0) is 10.0 Å². The number of para-hydroxylation sites is 2. The molecule has 1 aliphatic rings. The van der Waals surface area contributed by atoms with E-state index in [-0.39, 0.29) is 11.6 Å². The Morgan fingerprint density at radius 2 is 1.61 bits per heavy atom. The Morgan fingerprint density at radius 1 is 0.964 bits per heavy atom. The summed E-state index contributed by atoms with van der Waals surface area (Å²) in [5, 5.41) is 0. The Labute approximate surface area is 165 Å². The highest BCUT2D eigenvalue weighted by Crippen LogP contribution is 2.38. The van der Waals surface area contributed by atoms with Gasteiger partial charge in [0.15, 0.2) is 11.6 Å². The standard InChI is InChI=1S/C21H24N4O2S/c1-14(2)12-24-13-25(28(26,27)17-10-9-15(3)16(4)11-17)21-20(24)22-18-7-5-6-8-19(18)23-21/h5-11,14H,12-13H2,1-4H3. The van der Waals surface area contributed by atoms with E-state index in [0.29, 0.717) is 29.6 Å². The molecule has 146 valence electrons. The summed E-state index contributed by atoms with van der Waals surface area (Å²) in [5.41, 5.74) is 3.46. The Bertz CT molecular complexity index is 1160. The highest BCUT2D eigenvalue weighted by Gasteiger charge is 2.38. The van der Waals surface area contributed by atoms with Crippen LogP contribution in [0.4, 0.5) is 11.6 Å². The summed E-state index contributed by atoms with van der Waals surface area (Å²) in [6, 6.07) is 12.8. The van der Waals surface area contributed by atoms with E-state index in [9.17, 15) is 8.42 Å². The molecule has 6 nitrogen and oxygen atoms in total. The maximum absolute atomic E-state index is 13.5. The summed E-state index contributed by atoms with van der Waals surface area (Å²) in [7, 11) is -3.74. The number of benzene rings is 2. The average molecular weight is 397 g/mol. The topological polar surface area (TPSA) is 66.4 Å². The molecule has 0 fully saturated rings. The second-order valence-corrected chi connectivity index (χ2v) is 9.58. The average Bonchev–Trinajstić information content (AvgIpc) is 2.99. The van der Waals surface area contributed by atoms with Gasteiger partial charge < -0.3 is 4.90 Å². The van der Waals surface area contributed by atoms with Crippen LogP contribution in [0.15, 0.2) is 47.4 Å². The van der Waals surface area contributed by atoms with Crippen LogP contribution in [0.3, 0.4) is 0 Å². The van der Waals surface area contributed by atoms with Gasteiger partial charge in [0.2, 0.25) is 0 Å². The largest absolute Gasteiger partial charge is 0.334 e. The zero-order valence-corrected chi connectivity index (χ0v) is 17.4. The molecule has 4 rings (SSSR count). The quantitative estimate of drug-likeness (QED) is 0.670. The molecule has 0 saturated carbocycles.